The molecule has 0 unspecified atom stereocenters. The summed E-state index contributed by atoms with van der Waals surface area (Å²) in [6.07, 6.45) is 0. The summed E-state index contributed by atoms with van der Waals surface area (Å²) in [5.41, 5.74) is 1.66. The first-order valence-electron chi connectivity index (χ1n) is 15.0. The summed E-state index contributed by atoms with van der Waals surface area (Å²) in [6, 6.07) is 45.9. The Hall–Kier alpha value is -6.01. The molecule has 1 aliphatic heterocycles. The first-order chi connectivity index (χ1) is 22.7. The summed E-state index contributed by atoms with van der Waals surface area (Å²) in [7, 11) is -0.621. The highest BCUT2D eigenvalue weighted by Gasteiger charge is 2.39. The highest BCUT2D eigenvalue weighted by Crippen LogP contribution is 2.39. The van der Waals surface area contributed by atoms with Gasteiger partial charge in [0.2, 0.25) is 0 Å². The molecular formula is C38H26B2O6. The van der Waals surface area contributed by atoms with E-state index in [-0.39, 0.29) is 13.2 Å². The van der Waals surface area contributed by atoms with E-state index in [1.807, 2.05) is 127 Å². The van der Waals surface area contributed by atoms with Gasteiger partial charge < -0.3 is 28.5 Å². The van der Waals surface area contributed by atoms with Crippen molar-refractivity contribution < 1.29 is 28.5 Å². The van der Waals surface area contributed by atoms with Crippen LogP contribution in [0.3, 0.4) is 0 Å². The van der Waals surface area contributed by atoms with Gasteiger partial charge in [-0.05, 0) is 76.9 Å². The number of phenolic OH excluding ortho intramolecular Hbond substituents is 1. The highest BCUT2D eigenvalue weighted by atomic mass is 16.6. The minimum Gasteiger partial charge on any atom is -0.557 e. The topological polar surface area (TPSA) is 66.4 Å². The molecular weight excluding hydrogens is 574 g/mol. The van der Waals surface area contributed by atoms with E-state index in [1.54, 1.807) is 18.2 Å². The van der Waals surface area contributed by atoms with Gasteiger partial charge in [0.15, 0.2) is 5.75 Å². The highest BCUT2D eigenvalue weighted by molar-refractivity contribution is 6.72. The van der Waals surface area contributed by atoms with Crippen molar-refractivity contribution in [1.29, 1.82) is 0 Å². The second kappa shape index (κ2) is 11.8. The molecule has 8 rings (SSSR count). The van der Waals surface area contributed by atoms with Gasteiger partial charge in [0.25, 0.3) is 0 Å². The Labute approximate surface area is 266 Å². The minimum atomic E-state index is -0.761. The van der Waals surface area contributed by atoms with Crippen LogP contribution in [0.25, 0.3) is 21.5 Å². The Kier molecular flexibility index (Phi) is 7.08. The number of ether oxygens (including phenoxy) is 2. The summed E-state index contributed by atoms with van der Waals surface area (Å²) < 4.78 is 32.4. The van der Waals surface area contributed by atoms with Crippen LogP contribution in [-0.2, 0) is 0 Å². The van der Waals surface area contributed by atoms with Crippen LogP contribution in [0.5, 0.6) is 46.0 Å². The van der Waals surface area contributed by atoms with Crippen molar-refractivity contribution in [2.45, 2.75) is 0 Å². The van der Waals surface area contributed by atoms with Crippen LogP contribution in [0.4, 0.5) is 0 Å². The van der Waals surface area contributed by atoms with E-state index in [4.69, 9.17) is 23.4 Å². The molecule has 0 spiro atoms. The molecule has 0 atom stereocenters. The number of phenols is 1. The molecule has 0 radical (unpaired) electrons. The van der Waals surface area contributed by atoms with Gasteiger partial charge >= 0.3 is 14.6 Å². The van der Waals surface area contributed by atoms with Crippen molar-refractivity contribution in [3.63, 3.8) is 0 Å². The molecule has 1 aliphatic rings. The number of aromatic hydroxyl groups is 1. The number of benzene rings is 7. The fourth-order valence-corrected chi connectivity index (χ4v) is 5.94. The number of fused-ring (bicyclic) bond motifs is 3. The van der Waals surface area contributed by atoms with Gasteiger partial charge in [-0.3, -0.25) is 0 Å². The fourth-order valence-electron chi connectivity index (χ4n) is 5.94. The first kappa shape index (κ1) is 27.5. The quantitative estimate of drug-likeness (QED) is 0.144. The lowest BCUT2D eigenvalue weighted by atomic mass is 9.68. The third-order valence-corrected chi connectivity index (χ3v) is 7.97. The van der Waals surface area contributed by atoms with E-state index in [9.17, 15) is 5.11 Å². The molecule has 0 saturated heterocycles. The summed E-state index contributed by atoms with van der Waals surface area (Å²) in [4.78, 5) is 0. The zero-order chi connectivity index (χ0) is 30.9. The second-order valence-electron chi connectivity index (χ2n) is 10.9. The second-order valence-corrected chi connectivity index (χ2v) is 10.9. The summed E-state index contributed by atoms with van der Waals surface area (Å²) in [5, 5.41) is 13.9. The van der Waals surface area contributed by atoms with Crippen molar-refractivity contribution in [3.05, 3.63) is 146 Å². The lowest BCUT2D eigenvalue weighted by Crippen LogP contribution is -2.42. The Bertz CT molecular complexity index is 2170. The van der Waals surface area contributed by atoms with E-state index in [1.165, 1.54) is 0 Å². The molecule has 6 nitrogen and oxygen atoms in total. The van der Waals surface area contributed by atoms with Crippen LogP contribution >= 0.6 is 0 Å². The third kappa shape index (κ3) is 5.10. The van der Waals surface area contributed by atoms with Crippen LogP contribution in [0.1, 0.15) is 0 Å². The van der Waals surface area contributed by atoms with E-state index in [2.05, 4.69) is 0 Å². The lowest BCUT2D eigenvalue weighted by Gasteiger charge is -2.21. The first-order valence-corrected chi connectivity index (χ1v) is 15.0. The van der Waals surface area contributed by atoms with Crippen LogP contribution in [-0.4, -0.2) is 19.7 Å². The molecule has 0 amide bonds. The average molecular weight is 600 g/mol. The molecule has 46 heavy (non-hydrogen) atoms. The SMILES string of the molecule is Oc1ccccc1OBc1c2cccc(Oc3ccccc3)c2c(B2Oc3ccccc3O2)c2cccc(Oc3ccccc3)c12. The molecule has 0 fully saturated rings. The summed E-state index contributed by atoms with van der Waals surface area (Å²) in [5.74, 6) is 4.46. The monoisotopic (exact) mass is 600 g/mol. The molecule has 7 aromatic rings. The van der Waals surface area contributed by atoms with Gasteiger partial charge in [0.1, 0.15) is 40.2 Å². The van der Waals surface area contributed by atoms with Gasteiger partial charge in [-0.1, -0.05) is 84.9 Å². The van der Waals surface area contributed by atoms with Gasteiger partial charge in [-0.2, -0.15) is 0 Å². The molecule has 0 saturated carbocycles. The molecule has 7 aromatic carbocycles. The zero-order valence-electron chi connectivity index (χ0n) is 24.6. The Balaban J connectivity index is 1.40. The smallest absolute Gasteiger partial charge is 0.557 e. The van der Waals surface area contributed by atoms with Crippen molar-refractivity contribution in [3.8, 4) is 46.0 Å². The van der Waals surface area contributed by atoms with E-state index in [0.717, 1.165) is 32.5 Å². The number of para-hydroxylation sites is 6. The van der Waals surface area contributed by atoms with Crippen molar-refractivity contribution in [1.82, 2.24) is 0 Å². The maximum absolute atomic E-state index is 10.5. The minimum absolute atomic E-state index is 0.0621. The molecule has 0 aliphatic carbocycles. The Morgan fingerprint density at radius 1 is 0.500 bits per heavy atom. The summed E-state index contributed by atoms with van der Waals surface area (Å²) >= 11 is 0. The van der Waals surface area contributed by atoms with Gasteiger partial charge in [0, 0.05) is 16.2 Å². The summed E-state index contributed by atoms with van der Waals surface area (Å²) in [6.45, 7) is 0. The molecule has 8 heteroatoms. The third-order valence-electron chi connectivity index (χ3n) is 7.97. The largest absolute Gasteiger partial charge is 0.634 e. The Morgan fingerprint density at radius 2 is 1.02 bits per heavy atom. The molecule has 1 N–H and O–H groups in total. The van der Waals surface area contributed by atoms with Gasteiger partial charge in [-0.25, -0.2) is 0 Å². The zero-order valence-corrected chi connectivity index (χ0v) is 24.6. The average Bonchev–Trinajstić information content (AvgIpc) is 3.53. The Morgan fingerprint density at radius 3 is 1.65 bits per heavy atom. The van der Waals surface area contributed by atoms with Crippen molar-refractivity contribution in [2.24, 2.45) is 0 Å². The fraction of sp³-hybridized carbons (Fsp3) is 0. The molecule has 1 heterocycles. The maximum atomic E-state index is 10.5. The maximum Gasteiger partial charge on any atom is 0.634 e. The number of hydrogen-bond donors (Lipinski definition) is 1. The normalized spacial score (nSPS) is 11.9. The molecule has 0 aromatic heterocycles. The van der Waals surface area contributed by atoms with Crippen molar-refractivity contribution in [2.75, 3.05) is 0 Å². The van der Waals surface area contributed by atoms with Crippen LogP contribution in [0.15, 0.2) is 146 Å². The van der Waals surface area contributed by atoms with E-state index in [0.29, 0.717) is 40.2 Å². The van der Waals surface area contributed by atoms with Gasteiger partial charge in [-0.15, -0.1) is 0 Å². The molecule has 0 bridgehead atoms. The number of hydrogen-bond acceptors (Lipinski definition) is 6. The van der Waals surface area contributed by atoms with Gasteiger partial charge in [0.05, 0.1) is 0 Å². The standard InChI is InChI=1S/C38H26B2O6/c41-29-19-7-8-20-30(29)44-39-37-27-17-11-24-34(43-26-15-5-2-6-16-26)36(27)38(40-45-31-21-9-10-22-32(31)46-40)28-18-12-23-33(35(28)37)42-25-13-3-1-4-14-25/h1-24,39,41H. The predicted molar refractivity (Wildman–Crippen MR) is 183 cm³/mol. The number of rotatable bonds is 8. The van der Waals surface area contributed by atoms with Crippen LogP contribution in [0.2, 0.25) is 0 Å². The van der Waals surface area contributed by atoms with E-state index < -0.39 is 7.12 Å². The molecule has 220 valence electrons. The van der Waals surface area contributed by atoms with Crippen LogP contribution in [0, 0.1) is 0 Å². The van der Waals surface area contributed by atoms with Crippen LogP contribution < -0.4 is 34.4 Å². The predicted octanol–water partition coefficient (Wildman–Crippen LogP) is 7.51. The lowest BCUT2D eigenvalue weighted by molar-refractivity contribution is 0.444. The van der Waals surface area contributed by atoms with Crippen molar-refractivity contribution >= 4 is 47.1 Å². The van der Waals surface area contributed by atoms with E-state index >= 15 is 0 Å².